The monoisotopic (exact) mass is 364 g/mol. The van der Waals surface area contributed by atoms with E-state index in [9.17, 15) is 14.9 Å². The van der Waals surface area contributed by atoms with Crippen LogP contribution in [0, 0.1) is 10.1 Å². The van der Waals surface area contributed by atoms with E-state index in [1.807, 2.05) is 0 Å². The van der Waals surface area contributed by atoms with Gasteiger partial charge in [0, 0.05) is 16.7 Å². The number of benzene rings is 1. The molecule has 8 nitrogen and oxygen atoms in total. The molecule has 0 radical (unpaired) electrons. The van der Waals surface area contributed by atoms with Gasteiger partial charge in [0.2, 0.25) is 5.91 Å². The maximum atomic E-state index is 11.9. The Labute approximate surface area is 144 Å². The number of nitrogens with one attached hydrogen (secondary N) is 1. The normalized spacial score (nSPS) is 10.5. The standard InChI is InChI=1S/C14H9ClN4O4S/c15-9-3-1-8(2-4-9)11-5-10(18-23-11)6-12(20)17-14-16-7-13(24-14)19(21)22/h1-5,7H,6H2,(H,16,17,20). The van der Waals surface area contributed by atoms with E-state index in [-0.39, 0.29) is 16.6 Å². The second-order valence-electron chi connectivity index (χ2n) is 4.68. The minimum absolute atomic E-state index is 0.0372. The van der Waals surface area contributed by atoms with Gasteiger partial charge in [-0.1, -0.05) is 16.8 Å². The lowest BCUT2D eigenvalue weighted by molar-refractivity contribution is -0.380. The number of aromatic nitrogens is 2. The van der Waals surface area contributed by atoms with E-state index in [0.717, 1.165) is 23.1 Å². The summed E-state index contributed by atoms with van der Waals surface area (Å²) in [4.78, 5) is 25.7. The quantitative estimate of drug-likeness (QED) is 0.547. The summed E-state index contributed by atoms with van der Waals surface area (Å²) < 4.78 is 5.20. The molecule has 0 aliphatic carbocycles. The molecule has 122 valence electrons. The molecule has 24 heavy (non-hydrogen) atoms. The van der Waals surface area contributed by atoms with Crippen molar-refractivity contribution in [3.05, 3.63) is 57.4 Å². The highest BCUT2D eigenvalue weighted by atomic mass is 35.5. The fraction of sp³-hybridized carbons (Fsp3) is 0.0714. The van der Waals surface area contributed by atoms with Crippen molar-refractivity contribution in [2.45, 2.75) is 6.42 Å². The van der Waals surface area contributed by atoms with Crippen LogP contribution in [0.2, 0.25) is 5.02 Å². The van der Waals surface area contributed by atoms with Crippen LogP contribution in [0.4, 0.5) is 10.1 Å². The molecule has 0 unspecified atom stereocenters. The van der Waals surface area contributed by atoms with Crippen LogP contribution >= 0.6 is 22.9 Å². The van der Waals surface area contributed by atoms with E-state index in [1.165, 1.54) is 0 Å². The number of amides is 1. The molecule has 0 saturated heterocycles. The van der Waals surface area contributed by atoms with Crippen LogP contribution in [-0.4, -0.2) is 21.0 Å². The van der Waals surface area contributed by atoms with Gasteiger partial charge in [-0.25, -0.2) is 4.98 Å². The summed E-state index contributed by atoms with van der Waals surface area (Å²) in [6.07, 6.45) is 1.06. The van der Waals surface area contributed by atoms with Crippen LogP contribution in [0.1, 0.15) is 5.69 Å². The fourth-order valence-electron chi connectivity index (χ4n) is 1.88. The molecule has 2 heterocycles. The van der Waals surface area contributed by atoms with Crippen molar-refractivity contribution >= 4 is 39.0 Å². The van der Waals surface area contributed by atoms with E-state index in [0.29, 0.717) is 16.5 Å². The van der Waals surface area contributed by atoms with E-state index in [2.05, 4.69) is 15.5 Å². The number of hydrogen-bond donors (Lipinski definition) is 1. The Morgan fingerprint density at radius 1 is 1.38 bits per heavy atom. The molecule has 3 aromatic rings. The summed E-state index contributed by atoms with van der Waals surface area (Å²) in [7, 11) is 0. The Bertz CT molecular complexity index is 890. The zero-order chi connectivity index (χ0) is 17.1. The molecule has 0 aliphatic heterocycles. The Morgan fingerprint density at radius 2 is 2.12 bits per heavy atom. The van der Waals surface area contributed by atoms with Crippen molar-refractivity contribution in [2.24, 2.45) is 0 Å². The molecular weight excluding hydrogens is 356 g/mol. The van der Waals surface area contributed by atoms with Crippen molar-refractivity contribution < 1.29 is 14.2 Å². The van der Waals surface area contributed by atoms with Gasteiger partial charge in [0.05, 0.1) is 17.0 Å². The molecule has 1 amide bonds. The topological polar surface area (TPSA) is 111 Å². The molecule has 0 aliphatic rings. The highest BCUT2D eigenvalue weighted by molar-refractivity contribution is 7.18. The van der Waals surface area contributed by atoms with Gasteiger partial charge in [0.15, 0.2) is 10.9 Å². The molecule has 0 spiro atoms. The van der Waals surface area contributed by atoms with E-state index in [1.54, 1.807) is 30.3 Å². The number of nitrogens with zero attached hydrogens (tertiary/aromatic N) is 3. The van der Waals surface area contributed by atoms with Crippen molar-refractivity contribution in [1.29, 1.82) is 0 Å². The first-order valence-corrected chi connectivity index (χ1v) is 7.82. The van der Waals surface area contributed by atoms with Gasteiger partial charge in [-0.15, -0.1) is 0 Å². The van der Waals surface area contributed by atoms with Crippen molar-refractivity contribution in [2.75, 3.05) is 5.32 Å². The summed E-state index contributed by atoms with van der Waals surface area (Å²) in [5.41, 5.74) is 1.22. The molecule has 0 saturated carbocycles. The first-order chi connectivity index (χ1) is 11.5. The predicted molar refractivity (Wildman–Crippen MR) is 88.1 cm³/mol. The van der Waals surface area contributed by atoms with Crippen LogP contribution in [0.15, 0.2) is 41.1 Å². The minimum atomic E-state index is -0.566. The van der Waals surface area contributed by atoms with E-state index >= 15 is 0 Å². The first kappa shape index (κ1) is 16.1. The summed E-state index contributed by atoms with van der Waals surface area (Å²) in [6, 6.07) is 8.65. The molecule has 3 rings (SSSR count). The average molecular weight is 365 g/mol. The van der Waals surface area contributed by atoms with Gasteiger partial charge < -0.3 is 9.84 Å². The number of hydrogen-bond acceptors (Lipinski definition) is 7. The highest BCUT2D eigenvalue weighted by Gasteiger charge is 2.15. The Kier molecular flexibility index (Phi) is 4.54. The number of halogens is 1. The summed E-state index contributed by atoms with van der Waals surface area (Å²) >= 11 is 6.61. The molecule has 0 atom stereocenters. The van der Waals surface area contributed by atoms with E-state index in [4.69, 9.17) is 16.1 Å². The van der Waals surface area contributed by atoms with Gasteiger partial charge in [-0.3, -0.25) is 14.9 Å². The molecule has 0 fully saturated rings. The van der Waals surface area contributed by atoms with Gasteiger partial charge >= 0.3 is 5.00 Å². The lowest BCUT2D eigenvalue weighted by atomic mass is 10.1. The lowest BCUT2D eigenvalue weighted by Gasteiger charge is -1.97. The molecule has 1 N–H and O–H groups in total. The number of anilines is 1. The van der Waals surface area contributed by atoms with Crippen LogP contribution in [0.25, 0.3) is 11.3 Å². The van der Waals surface area contributed by atoms with Crippen LogP contribution in [-0.2, 0) is 11.2 Å². The maximum Gasteiger partial charge on any atom is 0.345 e. The number of carbonyl (C=O) groups is 1. The second-order valence-corrected chi connectivity index (χ2v) is 6.12. The van der Waals surface area contributed by atoms with Crippen LogP contribution in [0.3, 0.4) is 0 Å². The van der Waals surface area contributed by atoms with Crippen molar-refractivity contribution in [3.63, 3.8) is 0 Å². The average Bonchev–Trinajstić information content (AvgIpc) is 3.17. The van der Waals surface area contributed by atoms with Gasteiger partial charge in [0.1, 0.15) is 6.20 Å². The van der Waals surface area contributed by atoms with Gasteiger partial charge in [0.25, 0.3) is 0 Å². The van der Waals surface area contributed by atoms with Gasteiger partial charge in [-0.05, 0) is 35.6 Å². The SMILES string of the molecule is O=C(Cc1cc(-c2ccc(Cl)cc2)on1)Nc1ncc([N+](=O)[O-])s1. The summed E-state index contributed by atoms with van der Waals surface area (Å²) in [6.45, 7) is 0. The van der Waals surface area contributed by atoms with Crippen LogP contribution < -0.4 is 5.32 Å². The van der Waals surface area contributed by atoms with Gasteiger partial charge in [-0.2, -0.15) is 0 Å². The first-order valence-electron chi connectivity index (χ1n) is 6.63. The summed E-state index contributed by atoms with van der Waals surface area (Å²) in [5, 5.41) is 17.5. The molecular formula is C14H9ClN4O4S. The Hall–Kier alpha value is -2.78. The number of nitro groups is 1. The Balaban J connectivity index is 1.64. The number of rotatable bonds is 5. The lowest BCUT2D eigenvalue weighted by Crippen LogP contribution is -2.14. The third-order valence-corrected chi connectivity index (χ3v) is 4.07. The van der Waals surface area contributed by atoms with Crippen LogP contribution in [0.5, 0.6) is 0 Å². The fourth-order valence-corrected chi connectivity index (χ4v) is 2.66. The predicted octanol–water partition coefficient (Wildman–Crippen LogP) is 3.54. The zero-order valence-electron chi connectivity index (χ0n) is 11.9. The van der Waals surface area contributed by atoms with Crippen molar-refractivity contribution in [1.82, 2.24) is 10.1 Å². The number of thiazole rings is 1. The Morgan fingerprint density at radius 3 is 2.79 bits per heavy atom. The largest absolute Gasteiger partial charge is 0.356 e. The molecule has 1 aromatic carbocycles. The second kappa shape index (κ2) is 6.77. The minimum Gasteiger partial charge on any atom is -0.356 e. The maximum absolute atomic E-state index is 11.9. The smallest absolute Gasteiger partial charge is 0.345 e. The molecule has 10 heteroatoms. The van der Waals surface area contributed by atoms with E-state index < -0.39 is 10.8 Å². The zero-order valence-corrected chi connectivity index (χ0v) is 13.5. The third kappa shape index (κ3) is 3.76. The molecule has 0 bridgehead atoms. The number of carbonyl (C=O) groups excluding carboxylic acids is 1. The molecule has 2 aromatic heterocycles. The van der Waals surface area contributed by atoms with Crippen molar-refractivity contribution in [3.8, 4) is 11.3 Å². The summed E-state index contributed by atoms with van der Waals surface area (Å²) in [5.74, 6) is 0.120. The third-order valence-electron chi connectivity index (χ3n) is 2.95. The highest BCUT2D eigenvalue weighted by Crippen LogP contribution is 2.25.